The zero-order valence-corrected chi connectivity index (χ0v) is 11.1. The highest BCUT2D eigenvalue weighted by molar-refractivity contribution is 6.31. The Morgan fingerprint density at radius 1 is 1.00 bits per heavy atom. The molecule has 0 radical (unpaired) electrons. The van der Waals surface area contributed by atoms with E-state index in [4.69, 9.17) is 23.2 Å². The van der Waals surface area contributed by atoms with E-state index in [1.165, 1.54) is 0 Å². The van der Waals surface area contributed by atoms with Gasteiger partial charge in [-0.05, 0) is 35.4 Å². The molecule has 0 saturated heterocycles. The molecule has 1 N–H and O–H groups in total. The van der Waals surface area contributed by atoms with Gasteiger partial charge in [0.25, 0.3) is 0 Å². The van der Waals surface area contributed by atoms with Crippen molar-refractivity contribution in [1.29, 1.82) is 0 Å². The molecule has 0 saturated carbocycles. The molecule has 0 amide bonds. The first-order valence-electron chi connectivity index (χ1n) is 5.50. The lowest BCUT2D eigenvalue weighted by Gasteiger charge is -2.01. The minimum atomic E-state index is 0.661. The third kappa shape index (κ3) is 4.06. The van der Waals surface area contributed by atoms with Crippen LogP contribution < -0.4 is 5.43 Å². The number of hydrogen-bond acceptors (Lipinski definition) is 2. The highest BCUT2D eigenvalue weighted by Crippen LogP contribution is 2.10. The van der Waals surface area contributed by atoms with E-state index in [2.05, 4.69) is 10.5 Å². The van der Waals surface area contributed by atoms with Crippen LogP contribution in [-0.2, 0) is 6.54 Å². The fourth-order valence-electron chi connectivity index (χ4n) is 1.45. The zero-order chi connectivity index (χ0) is 12.8. The van der Waals surface area contributed by atoms with E-state index in [-0.39, 0.29) is 0 Å². The van der Waals surface area contributed by atoms with Gasteiger partial charge in [0, 0.05) is 10.0 Å². The van der Waals surface area contributed by atoms with Crippen LogP contribution >= 0.6 is 23.2 Å². The molecule has 0 aliphatic rings. The molecule has 2 aromatic carbocycles. The van der Waals surface area contributed by atoms with Gasteiger partial charge >= 0.3 is 0 Å². The maximum atomic E-state index is 5.87. The third-order valence-corrected chi connectivity index (χ3v) is 2.84. The molecule has 0 fully saturated rings. The van der Waals surface area contributed by atoms with Crippen LogP contribution in [0.3, 0.4) is 0 Å². The van der Waals surface area contributed by atoms with Crippen LogP contribution in [0, 0.1) is 0 Å². The van der Waals surface area contributed by atoms with Crippen molar-refractivity contribution in [3.63, 3.8) is 0 Å². The van der Waals surface area contributed by atoms with E-state index in [0.717, 1.165) is 16.1 Å². The third-order valence-electron chi connectivity index (χ3n) is 2.35. The lowest BCUT2D eigenvalue weighted by atomic mass is 10.2. The summed E-state index contributed by atoms with van der Waals surface area (Å²) in [6, 6.07) is 15.2. The van der Waals surface area contributed by atoms with E-state index >= 15 is 0 Å². The van der Waals surface area contributed by atoms with Gasteiger partial charge in [-0.2, -0.15) is 5.10 Å². The molecule has 4 heteroatoms. The second kappa shape index (κ2) is 6.43. The van der Waals surface area contributed by atoms with Gasteiger partial charge < -0.3 is 5.43 Å². The summed E-state index contributed by atoms with van der Waals surface area (Å²) in [4.78, 5) is 0. The van der Waals surface area contributed by atoms with Gasteiger partial charge in [-0.3, -0.25) is 0 Å². The lowest BCUT2D eigenvalue weighted by Crippen LogP contribution is -2.05. The molecule has 2 aromatic rings. The van der Waals surface area contributed by atoms with E-state index in [0.29, 0.717) is 11.6 Å². The largest absolute Gasteiger partial charge is 0.306 e. The van der Waals surface area contributed by atoms with Crippen LogP contribution in [-0.4, -0.2) is 6.21 Å². The Kier molecular flexibility index (Phi) is 4.62. The van der Waals surface area contributed by atoms with Crippen LogP contribution in [0.5, 0.6) is 0 Å². The summed E-state index contributed by atoms with van der Waals surface area (Å²) in [5.74, 6) is 0. The Balaban J connectivity index is 1.87. The molecule has 2 rings (SSSR count). The van der Waals surface area contributed by atoms with Crippen LogP contribution in [0.1, 0.15) is 11.1 Å². The zero-order valence-electron chi connectivity index (χ0n) is 9.61. The molecule has 18 heavy (non-hydrogen) atoms. The highest BCUT2D eigenvalue weighted by atomic mass is 35.5. The first-order valence-corrected chi connectivity index (χ1v) is 6.25. The van der Waals surface area contributed by atoms with Gasteiger partial charge in [0.15, 0.2) is 0 Å². The van der Waals surface area contributed by atoms with Crippen LogP contribution in [0.15, 0.2) is 53.6 Å². The van der Waals surface area contributed by atoms with Crippen molar-refractivity contribution in [3.05, 3.63) is 69.7 Å². The molecule has 2 nitrogen and oxygen atoms in total. The maximum absolute atomic E-state index is 5.87. The number of rotatable bonds is 4. The highest BCUT2D eigenvalue weighted by Gasteiger charge is 1.92. The predicted molar refractivity (Wildman–Crippen MR) is 77.3 cm³/mol. The van der Waals surface area contributed by atoms with Crippen LogP contribution in [0.25, 0.3) is 0 Å². The number of nitrogens with zero attached hydrogens (tertiary/aromatic N) is 1. The van der Waals surface area contributed by atoms with Gasteiger partial charge in [-0.15, -0.1) is 0 Å². The van der Waals surface area contributed by atoms with Crippen molar-refractivity contribution in [1.82, 2.24) is 5.43 Å². The van der Waals surface area contributed by atoms with Gasteiger partial charge in [0.05, 0.1) is 12.8 Å². The molecular weight excluding hydrogens is 267 g/mol. The molecule has 0 heterocycles. The van der Waals surface area contributed by atoms with Crippen molar-refractivity contribution in [2.24, 2.45) is 5.10 Å². The van der Waals surface area contributed by atoms with Crippen molar-refractivity contribution < 1.29 is 0 Å². The quantitative estimate of drug-likeness (QED) is 0.660. The average Bonchev–Trinajstić information content (AvgIpc) is 2.37. The van der Waals surface area contributed by atoms with Gasteiger partial charge in [-0.1, -0.05) is 47.5 Å². The molecule has 0 aliphatic carbocycles. The molecule has 0 bridgehead atoms. The second-order valence-corrected chi connectivity index (χ2v) is 4.65. The molecule has 0 aliphatic heterocycles. The molecule has 92 valence electrons. The second-order valence-electron chi connectivity index (χ2n) is 3.77. The summed E-state index contributed by atoms with van der Waals surface area (Å²) in [5, 5.41) is 5.58. The van der Waals surface area contributed by atoms with Gasteiger partial charge in [-0.25, -0.2) is 0 Å². The minimum Gasteiger partial charge on any atom is -0.306 e. The van der Waals surface area contributed by atoms with Crippen LogP contribution in [0.4, 0.5) is 0 Å². The van der Waals surface area contributed by atoms with E-state index in [1.54, 1.807) is 6.21 Å². The summed E-state index contributed by atoms with van der Waals surface area (Å²) in [7, 11) is 0. The molecule has 0 spiro atoms. The summed E-state index contributed by atoms with van der Waals surface area (Å²) in [5.41, 5.74) is 5.06. The lowest BCUT2D eigenvalue weighted by molar-refractivity contribution is 0.748. The van der Waals surface area contributed by atoms with Crippen LogP contribution in [0.2, 0.25) is 10.0 Å². The Bertz CT molecular complexity index is 536. The van der Waals surface area contributed by atoms with Gasteiger partial charge in [0.2, 0.25) is 0 Å². The SMILES string of the molecule is Clc1ccc(CN/N=C\c2cccc(Cl)c2)cc1. The summed E-state index contributed by atoms with van der Waals surface area (Å²) in [6.45, 7) is 0.661. The maximum Gasteiger partial charge on any atom is 0.0580 e. The summed E-state index contributed by atoms with van der Waals surface area (Å²) in [6.07, 6.45) is 1.74. The van der Waals surface area contributed by atoms with Crippen molar-refractivity contribution in [2.45, 2.75) is 6.54 Å². The number of hydrogen-bond donors (Lipinski definition) is 1. The first-order chi connectivity index (χ1) is 8.74. The normalized spacial score (nSPS) is 10.8. The fraction of sp³-hybridized carbons (Fsp3) is 0.0714. The molecule has 0 unspecified atom stereocenters. The Hall–Kier alpha value is -1.51. The number of halogens is 2. The van der Waals surface area contributed by atoms with E-state index in [9.17, 15) is 0 Å². The van der Waals surface area contributed by atoms with E-state index < -0.39 is 0 Å². The van der Waals surface area contributed by atoms with Crippen molar-refractivity contribution in [2.75, 3.05) is 0 Å². The molecule has 0 aromatic heterocycles. The predicted octanol–water partition coefficient (Wildman–Crippen LogP) is 4.12. The Morgan fingerprint density at radius 2 is 1.78 bits per heavy atom. The standard InChI is InChI=1S/C14H12Cl2N2/c15-13-6-4-11(5-7-13)9-17-18-10-12-2-1-3-14(16)8-12/h1-8,10,17H,9H2/b18-10-. The molecule has 0 atom stereocenters. The van der Waals surface area contributed by atoms with Crippen molar-refractivity contribution >= 4 is 29.4 Å². The number of benzene rings is 2. The smallest absolute Gasteiger partial charge is 0.0580 e. The fourth-order valence-corrected chi connectivity index (χ4v) is 1.77. The number of nitrogens with one attached hydrogen (secondary N) is 1. The minimum absolute atomic E-state index is 0.661. The molecular formula is C14H12Cl2N2. The topological polar surface area (TPSA) is 24.4 Å². The Labute approximate surface area is 116 Å². The monoisotopic (exact) mass is 278 g/mol. The first kappa shape index (κ1) is 12.9. The Morgan fingerprint density at radius 3 is 2.50 bits per heavy atom. The van der Waals surface area contributed by atoms with Gasteiger partial charge in [0.1, 0.15) is 0 Å². The number of hydrazone groups is 1. The van der Waals surface area contributed by atoms with E-state index in [1.807, 2.05) is 48.5 Å². The van der Waals surface area contributed by atoms with Crippen molar-refractivity contribution in [3.8, 4) is 0 Å². The average molecular weight is 279 g/mol. The summed E-state index contributed by atoms with van der Waals surface area (Å²) < 4.78 is 0. The summed E-state index contributed by atoms with van der Waals surface area (Å²) >= 11 is 11.7.